The predicted molar refractivity (Wildman–Crippen MR) is 74.1 cm³/mol. The highest BCUT2D eigenvalue weighted by molar-refractivity contribution is 9.11. The Hall–Kier alpha value is -0.430. The van der Waals surface area contributed by atoms with Gasteiger partial charge in [0, 0.05) is 13.1 Å². The molecule has 0 spiro atoms. The van der Waals surface area contributed by atoms with E-state index in [0.717, 1.165) is 14.2 Å². The number of rotatable bonds is 2. The highest BCUT2D eigenvalue weighted by Crippen LogP contribution is 2.28. The number of morpholine rings is 1. The van der Waals surface area contributed by atoms with Crippen molar-refractivity contribution in [1.82, 2.24) is 4.90 Å². The van der Waals surface area contributed by atoms with Gasteiger partial charge in [-0.1, -0.05) is 0 Å². The van der Waals surface area contributed by atoms with Gasteiger partial charge in [0.05, 0.1) is 27.5 Å². The Morgan fingerprint density at radius 3 is 2.94 bits per heavy atom. The maximum absolute atomic E-state index is 12.4. The van der Waals surface area contributed by atoms with Crippen LogP contribution in [0.3, 0.4) is 0 Å². The first-order valence-electron chi connectivity index (χ1n) is 5.82. The number of carbonyl (C=O) groups excluding carboxylic acids is 1. The van der Waals surface area contributed by atoms with Crippen molar-refractivity contribution in [2.45, 2.75) is 26.1 Å². The van der Waals surface area contributed by atoms with E-state index in [2.05, 4.69) is 15.9 Å². The van der Waals surface area contributed by atoms with E-state index in [1.807, 2.05) is 19.9 Å². The molecule has 18 heavy (non-hydrogen) atoms. The Bertz CT molecular complexity index is 429. The van der Waals surface area contributed by atoms with E-state index in [1.54, 1.807) is 4.90 Å². The minimum atomic E-state index is -0.276. The van der Waals surface area contributed by atoms with Gasteiger partial charge in [0.15, 0.2) is 0 Å². The van der Waals surface area contributed by atoms with Crippen molar-refractivity contribution < 1.29 is 14.6 Å². The number of thiophene rings is 1. The third kappa shape index (κ3) is 2.93. The SMILES string of the molecule is Cc1cc(C(=O)N2CC(C)OC(CO)C2)sc1Br. The van der Waals surface area contributed by atoms with E-state index < -0.39 is 0 Å². The lowest BCUT2D eigenvalue weighted by atomic mass is 10.2. The maximum Gasteiger partial charge on any atom is 0.264 e. The average molecular weight is 334 g/mol. The molecule has 0 bridgehead atoms. The van der Waals surface area contributed by atoms with Crippen molar-refractivity contribution in [3.63, 3.8) is 0 Å². The Morgan fingerprint density at radius 1 is 1.67 bits per heavy atom. The van der Waals surface area contributed by atoms with Gasteiger partial charge < -0.3 is 14.7 Å². The van der Waals surface area contributed by atoms with Crippen molar-refractivity contribution in [3.05, 3.63) is 20.3 Å². The van der Waals surface area contributed by atoms with Crippen molar-refractivity contribution in [2.24, 2.45) is 0 Å². The molecule has 1 aliphatic heterocycles. The molecule has 1 amide bonds. The molecule has 1 aliphatic rings. The predicted octanol–water partition coefficient (Wildman–Crippen LogP) is 2.04. The number of carbonyl (C=O) groups is 1. The smallest absolute Gasteiger partial charge is 0.264 e. The van der Waals surface area contributed by atoms with E-state index in [0.29, 0.717) is 13.1 Å². The lowest BCUT2D eigenvalue weighted by Crippen LogP contribution is -2.50. The zero-order chi connectivity index (χ0) is 13.3. The lowest BCUT2D eigenvalue weighted by Gasteiger charge is -2.35. The number of hydrogen-bond donors (Lipinski definition) is 1. The third-order valence-electron chi connectivity index (χ3n) is 2.89. The van der Waals surface area contributed by atoms with Crippen LogP contribution in [0.15, 0.2) is 9.85 Å². The molecule has 1 aromatic heterocycles. The second-order valence-electron chi connectivity index (χ2n) is 4.53. The van der Waals surface area contributed by atoms with Gasteiger partial charge >= 0.3 is 0 Å². The quantitative estimate of drug-likeness (QED) is 0.901. The molecule has 6 heteroatoms. The normalized spacial score (nSPS) is 24.3. The molecule has 0 aliphatic carbocycles. The minimum Gasteiger partial charge on any atom is -0.394 e. The van der Waals surface area contributed by atoms with Gasteiger partial charge in [-0.15, -0.1) is 11.3 Å². The van der Waals surface area contributed by atoms with Crippen molar-refractivity contribution in [1.29, 1.82) is 0 Å². The summed E-state index contributed by atoms with van der Waals surface area (Å²) < 4.78 is 6.52. The molecule has 1 N–H and O–H groups in total. The monoisotopic (exact) mass is 333 g/mol. The zero-order valence-electron chi connectivity index (χ0n) is 10.4. The molecule has 0 aromatic carbocycles. The fourth-order valence-corrected chi connectivity index (χ4v) is 3.54. The van der Waals surface area contributed by atoms with E-state index >= 15 is 0 Å². The van der Waals surface area contributed by atoms with Crippen molar-refractivity contribution in [2.75, 3.05) is 19.7 Å². The van der Waals surface area contributed by atoms with E-state index in [1.165, 1.54) is 11.3 Å². The molecule has 4 nitrogen and oxygen atoms in total. The summed E-state index contributed by atoms with van der Waals surface area (Å²) in [5.74, 6) is 0.0161. The summed E-state index contributed by atoms with van der Waals surface area (Å²) in [6.45, 7) is 4.85. The van der Waals surface area contributed by atoms with Crippen LogP contribution in [0.25, 0.3) is 0 Å². The van der Waals surface area contributed by atoms with Crippen LogP contribution in [0.4, 0.5) is 0 Å². The second-order valence-corrected chi connectivity index (χ2v) is 6.90. The first-order valence-corrected chi connectivity index (χ1v) is 7.43. The fraction of sp³-hybridized carbons (Fsp3) is 0.583. The van der Waals surface area contributed by atoms with Gasteiger partial charge in [-0.2, -0.15) is 0 Å². The van der Waals surface area contributed by atoms with Crippen LogP contribution in [-0.2, 0) is 4.74 Å². The van der Waals surface area contributed by atoms with Crippen LogP contribution < -0.4 is 0 Å². The van der Waals surface area contributed by atoms with Crippen molar-refractivity contribution in [3.8, 4) is 0 Å². The molecule has 0 radical (unpaired) electrons. The topological polar surface area (TPSA) is 49.8 Å². The largest absolute Gasteiger partial charge is 0.394 e. The zero-order valence-corrected chi connectivity index (χ0v) is 12.8. The standard InChI is InChI=1S/C12H16BrNO3S/c1-7-3-10(18-11(7)13)12(16)14-4-8(2)17-9(5-14)6-15/h3,8-9,15H,4-6H2,1-2H3. The number of amides is 1. The Balaban J connectivity index is 2.13. The summed E-state index contributed by atoms with van der Waals surface area (Å²) in [5.41, 5.74) is 1.07. The number of aliphatic hydroxyl groups is 1. The highest BCUT2D eigenvalue weighted by atomic mass is 79.9. The molecular formula is C12H16BrNO3S. The summed E-state index contributed by atoms with van der Waals surface area (Å²) in [6.07, 6.45) is -0.313. The summed E-state index contributed by atoms with van der Waals surface area (Å²) >= 11 is 4.88. The Morgan fingerprint density at radius 2 is 2.39 bits per heavy atom. The van der Waals surface area contributed by atoms with E-state index in [4.69, 9.17) is 9.84 Å². The van der Waals surface area contributed by atoms with Crippen LogP contribution >= 0.6 is 27.3 Å². The van der Waals surface area contributed by atoms with Gasteiger partial charge in [-0.25, -0.2) is 0 Å². The number of aryl methyl sites for hydroxylation is 1. The lowest BCUT2D eigenvalue weighted by molar-refractivity contribution is -0.0857. The molecule has 2 heterocycles. The minimum absolute atomic E-state index is 0.0161. The summed E-state index contributed by atoms with van der Waals surface area (Å²) in [4.78, 5) is 14.8. The average Bonchev–Trinajstić information content (AvgIpc) is 2.68. The first-order chi connectivity index (χ1) is 8.51. The number of nitrogens with zero attached hydrogens (tertiary/aromatic N) is 1. The molecule has 2 unspecified atom stereocenters. The highest BCUT2D eigenvalue weighted by Gasteiger charge is 2.29. The number of hydrogen-bond acceptors (Lipinski definition) is 4. The van der Waals surface area contributed by atoms with Gasteiger partial charge in [-0.3, -0.25) is 4.79 Å². The van der Waals surface area contributed by atoms with Gasteiger partial charge in [-0.05, 0) is 41.4 Å². The van der Waals surface area contributed by atoms with Crippen LogP contribution in [0.2, 0.25) is 0 Å². The molecule has 2 rings (SSSR count). The Labute approximate surface area is 119 Å². The molecule has 0 saturated carbocycles. The Kier molecular flexibility index (Phi) is 4.42. The maximum atomic E-state index is 12.4. The number of ether oxygens (including phenoxy) is 1. The molecule has 1 fully saturated rings. The summed E-state index contributed by atoms with van der Waals surface area (Å²) in [5, 5.41) is 9.16. The van der Waals surface area contributed by atoms with Crippen LogP contribution in [0.5, 0.6) is 0 Å². The van der Waals surface area contributed by atoms with E-state index in [-0.39, 0.29) is 24.7 Å². The second kappa shape index (κ2) is 5.69. The summed E-state index contributed by atoms with van der Waals surface area (Å²) in [6, 6.07) is 1.89. The molecule has 1 saturated heterocycles. The van der Waals surface area contributed by atoms with Crippen LogP contribution in [0.1, 0.15) is 22.2 Å². The summed E-state index contributed by atoms with van der Waals surface area (Å²) in [7, 11) is 0. The van der Waals surface area contributed by atoms with E-state index in [9.17, 15) is 4.79 Å². The van der Waals surface area contributed by atoms with Crippen molar-refractivity contribution >= 4 is 33.2 Å². The number of halogens is 1. The molecule has 2 atom stereocenters. The first kappa shape index (κ1) is 14.0. The molecule has 100 valence electrons. The molecular weight excluding hydrogens is 318 g/mol. The van der Waals surface area contributed by atoms with Gasteiger partial charge in [0.1, 0.15) is 0 Å². The van der Waals surface area contributed by atoms with Gasteiger partial charge in [0.2, 0.25) is 0 Å². The van der Waals surface area contributed by atoms with Gasteiger partial charge in [0.25, 0.3) is 5.91 Å². The van der Waals surface area contributed by atoms with Crippen LogP contribution in [-0.4, -0.2) is 47.8 Å². The van der Waals surface area contributed by atoms with Crippen LogP contribution in [0, 0.1) is 6.92 Å². The number of aliphatic hydroxyl groups excluding tert-OH is 1. The molecule has 1 aromatic rings. The fourth-order valence-electron chi connectivity index (χ4n) is 2.03. The third-order valence-corrected chi connectivity index (χ3v) is 5.01.